The van der Waals surface area contributed by atoms with Crippen molar-refractivity contribution in [2.75, 3.05) is 13.2 Å². The highest BCUT2D eigenvalue weighted by Crippen LogP contribution is 2.20. The van der Waals surface area contributed by atoms with Gasteiger partial charge in [0.25, 0.3) is 0 Å². The van der Waals surface area contributed by atoms with E-state index in [1.807, 2.05) is 30.3 Å². The number of nitrogens with zero attached hydrogens (tertiary/aromatic N) is 2. The number of aromatic nitrogens is 2. The van der Waals surface area contributed by atoms with Crippen LogP contribution in [-0.2, 0) is 12.8 Å². The molecular weight excluding hydrogens is 268 g/mol. The van der Waals surface area contributed by atoms with Crippen LogP contribution in [0.3, 0.4) is 0 Å². The number of fused-ring (bicyclic) bond motifs is 1. The summed E-state index contributed by atoms with van der Waals surface area (Å²) >= 11 is 0. The SMILES string of the molecule is OCCc1nnc(CCOc2ccc3ccccc3c2)o1. The predicted molar refractivity (Wildman–Crippen MR) is 78.2 cm³/mol. The maximum atomic E-state index is 8.79. The largest absolute Gasteiger partial charge is 0.493 e. The van der Waals surface area contributed by atoms with Gasteiger partial charge in [0.2, 0.25) is 11.8 Å². The Balaban J connectivity index is 1.58. The molecule has 0 spiro atoms. The van der Waals surface area contributed by atoms with Gasteiger partial charge in [-0.3, -0.25) is 0 Å². The van der Waals surface area contributed by atoms with Crippen LogP contribution in [0.5, 0.6) is 5.75 Å². The molecule has 2 aromatic carbocycles. The third kappa shape index (κ3) is 3.38. The smallest absolute Gasteiger partial charge is 0.219 e. The lowest BCUT2D eigenvalue weighted by Crippen LogP contribution is -2.01. The molecule has 0 radical (unpaired) electrons. The molecule has 1 N–H and O–H groups in total. The number of ether oxygens (including phenoxy) is 1. The van der Waals surface area contributed by atoms with Crippen LogP contribution in [0.2, 0.25) is 0 Å². The lowest BCUT2D eigenvalue weighted by Gasteiger charge is -2.05. The molecule has 0 fully saturated rings. The molecule has 5 heteroatoms. The van der Waals surface area contributed by atoms with Gasteiger partial charge in [-0.1, -0.05) is 30.3 Å². The second kappa shape index (κ2) is 6.37. The first-order chi connectivity index (χ1) is 10.3. The van der Waals surface area contributed by atoms with E-state index < -0.39 is 0 Å². The average molecular weight is 284 g/mol. The number of aliphatic hydroxyl groups excluding tert-OH is 1. The summed E-state index contributed by atoms with van der Waals surface area (Å²) in [6.07, 6.45) is 0.934. The maximum Gasteiger partial charge on any atom is 0.219 e. The topological polar surface area (TPSA) is 68.4 Å². The number of hydrogen-bond acceptors (Lipinski definition) is 5. The molecule has 0 unspecified atom stereocenters. The zero-order valence-electron chi connectivity index (χ0n) is 11.5. The quantitative estimate of drug-likeness (QED) is 0.752. The standard InChI is InChI=1S/C16H16N2O3/c19-9-7-15-17-18-16(21-15)8-10-20-14-6-5-12-3-1-2-4-13(12)11-14/h1-6,11,19H,7-10H2. The number of rotatable bonds is 6. The van der Waals surface area contributed by atoms with Gasteiger partial charge in [-0.2, -0.15) is 0 Å². The minimum Gasteiger partial charge on any atom is -0.493 e. The summed E-state index contributed by atoms with van der Waals surface area (Å²) in [6.45, 7) is 0.480. The zero-order valence-corrected chi connectivity index (χ0v) is 11.5. The van der Waals surface area contributed by atoms with Gasteiger partial charge in [0.15, 0.2) is 0 Å². The minimum absolute atomic E-state index is 0.00915. The van der Waals surface area contributed by atoms with Gasteiger partial charge in [0, 0.05) is 6.42 Å². The molecule has 0 amide bonds. The molecule has 0 saturated carbocycles. The third-order valence-electron chi connectivity index (χ3n) is 3.14. The summed E-state index contributed by atoms with van der Waals surface area (Å²) in [5.41, 5.74) is 0. The Morgan fingerprint density at radius 1 is 0.952 bits per heavy atom. The van der Waals surface area contributed by atoms with E-state index in [0.717, 1.165) is 11.1 Å². The highest BCUT2D eigenvalue weighted by Gasteiger charge is 2.05. The maximum absolute atomic E-state index is 8.79. The van der Waals surface area contributed by atoms with Crippen molar-refractivity contribution in [2.24, 2.45) is 0 Å². The number of aliphatic hydroxyl groups is 1. The number of benzene rings is 2. The molecule has 0 bridgehead atoms. The summed E-state index contributed by atoms with van der Waals surface area (Å²) in [7, 11) is 0. The first-order valence-electron chi connectivity index (χ1n) is 6.89. The van der Waals surface area contributed by atoms with E-state index in [1.165, 1.54) is 5.39 Å². The van der Waals surface area contributed by atoms with E-state index >= 15 is 0 Å². The first-order valence-corrected chi connectivity index (χ1v) is 6.89. The van der Waals surface area contributed by atoms with Crippen LogP contribution in [0.4, 0.5) is 0 Å². The summed E-state index contributed by atoms with van der Waals surface area (Å²) in [4.78, 5) is 0. The van der Waals surface area contributed by atoms with Gasteiger partial charge in [-0.05, 0) is 22.9 Å². The van der Waals surface area contributed by atoms with E-state index in [9.17, 15) is 0 Å². The lowest BCUT2D eigenvalue weighted by molar-refractivity contribution is 0.278. The van der Waals surface area contributed by atoms with Crippen molar-refractivity contribution >= 4 is 10.8 Å². The third-order valence-corrected chi connectivity index (χ3v) is 3.14. The highest BCUT2D eigenvalue weighted by molar-refractivity contribution is 5.83. The van der Waals surface area contributed by atoms with Crippen molar-refractivity contribution in [3.8, 4) is 5.75 Å². The molecule has 3 aromatic rings. The molecule has 0 aliphatic carbocycles. The normalized spacial score (nSPS) is 10.9. The van der Waals surface area contributed by atoms with Crippen molar-refractivity contribution in [3.63, 3.8) is 0 Å². The molecule has 0 aliphatic rings. The van der Waals surface area contributed by atoms with E-state index in [-0.39, 0.29) is 6.61 Å². The summed E-state index contributed by atoms with van der Waals surface area (Å²) < 4.78 is 11.1. The van der Waals surface area contributed by atoms with Crippen molar-refractivity contribution in [2.45, 2.75) is 12.8 Å². The predicted octanol–water partition coefficient (Wildman–Crippen LogP) is 2.38. The molecule has 21 heavy (non-hydrogen) atoms. The van der Waals surface area contributed by atoms with Gasteiger partial charge in [0.1, 0.15) is 5.75 Å². The van der Waals surface area contributed by atoms with Crippen molar-refractivity contribution in [1.29, 1.82) is 0 Å². The van der Waals surface area contributed by atoms with Crippen molar-refractivity contribution < 1.29 is 14.3 Å². The van der Waals surface area contributed by atoms with Crippen LogP contribution < -0.4 is 4.74 Å². The van der Waals surface area contributed by atoms with Crippen LogP contribution >= 0.6 is 0 Å². The molecule has 1 aromatic heterocycles. The van der Waals surface area contributed by atoms with Gasteiger partial charge in [0.05, 0.1) is 19.6 Å². The van der Waals surface area contributed by atoms with Gasteiger partial charge >= 0.3 is 0 Å². The van der Waals surface area contributed by atoms with Crippen LogP contribution in [0.1, 0.15) is 11.8 Å². The van der Waals surface area contributed by atoms with Crippen LogP contribution in [0.15, 0.2) is 46.9 Å². The molecule has 1 heterocycles. The van der Waals surface area contributed by atoms with Crippen LogP contribution in [0.25, 0.3) is 10.8 Å². The minimum atomic E-state index is 0.00915. The molecule has 0 saturated heterocycles. The van der Waals surface area contributed by atoms with Crippen molar-refractivity contribution in [3.05, 3.63) is 54.2 Å². The Morgan fingerprint density at radius 2 is 1.71 bits per heavy atom. The Hall–Kier alpha value is -2.40. The Morgan fingerprint density at radius 3 is 2.52 bits per heavy atom. The van der Waals surface area contributed by atoms with Gasteiger partial charge in [-0.15, -0.1) is 10.2 Å². The zero-order chi connectivity index (χ0) is 14.5. The summed E-state index contributed by atoms with van der Waals surface area (Å²) in [6, 6.07) is 14.2. The number of hydrogen-bond donors (Lipinski definition) is 1. The Bertz CT molecular complexity index is 724. The van der Waals surface area contributed by atoms with Gasteiger partial charge < -0.3 is 14.3 Å². The second-order valence-corrected chi connectivity index (χ2v) is 4.67. The molecule has 3 rings (SSSR count). The fraction of sp³-hybridized carbons (Fsp3) is 0.250. The summed E-state index contributed by atoms with van der Waals surface area (Å²) in [5.74, 6) is 1.81. The van der Waals surface area contributed by atoms with E-state index in [2.05, 4.69) is 22.3 Å². The average Bonchev–Trinajstić information content (AvgIpc) is 2.95. The second-order valence-electron chi connectivity index (χ2n) is 4.67. The fourth-order valence-corrected chi connectivity index (χ4v) is 2.10. The molecular formula is C16H16N2O3. The Kier molecular flexibility index (Phi) is 4.12. The van der Waals surface area contributed by atoms with Crippen LogP contribution in [-0.4, -0.2) is 28.5 Å². The van der Waals surface area contributed by atoms with E-state index in [1.54, 1.807) is 0 Å². The monoisotopic (exact) mass is 284 g/mol. The lowest BCUT2D eigenvalue weighted by atomic mass is 10.1. The first kappa shape index (κ1) is 13.6. The summed E-state index contributed by atoms with van der Waals surface area (Å²) in [5, 5.41) is 18.9. The van der Waals surface area contributed by atoms with E-state index in [0.29, 0.717) is 31.2 Å². The van der Waals surface area contributed by atoms with Gasteiger partial charge in [-0.25, -0.2) is 0 Å². The molecule has 108 valence electrons. The van der Waals surface area contributed by atoms with Crippen LogP contribution in [0, 0.1) is 0 Å². The fourth-order valence-electron chi connectivity index (χ4n) is 2.10. The van der Waals surface area contributed by atoms with Crippen molar-refractivity contribution in [1.82, 2.24) is 10.2 Å². The van der Waals surface area contributed by atoms with E-state index in [4.69, 9.17) is 14.3 Å². The highest BCUT2D eigenvalue weighted by atomic mass is 16.5. The Labute approximate surface area is 122 Å². The molecule has 0 atom stereocenters. The molecule has 0 aliphatic heterocycles. The molecule has 5 nitrogen and oxygen atoms in total.